The van der Waals surface area contributed by atoms with Crippen LogP contribution in [0.1, 0.15) is 45.1 Å². The van der Waals surface area contributed by atoms with Crippen molar-refractivity contribution in [1.29, 1.82) is 0 Å². The molecule has 1 saturated heterocycles. The second-order valence-corrected chi connectivity index (χ2v) is 6.29. The van der Waals surface area contributed by atoms with Gasteiger partial charge in [-0.25, -0.2) is 0 Å². The molecule has 2 atom stereocenters. The molecule has 0 bridgehead atoms. The van der Waals surface area contributed by atoms with Crippen LogP contribution in [0.15, 0.2) is 24.3 Å². The van der Waals surface area contributed by atoms with Gasteiger partial charge in [0.05, 0.1) is 0 Å². The number of likely N-dealkylation sites (N-methyl/N-ethyl adjacent to an activating group) is 1. The number of hydrogen-bond donors (Lipinski definition) is 2. The Bertz CT molecular complexity index is 398. The predicted octanol–water partition coefficient (Wildman–Crippen LogP) is 3.18. The zero-order chi connectivity index (χ0) is 15.1. The molecule has 1 aliphatic rings. The summed E-state index contributed by atoms with van der Waals surface area (Å²) in [5, 5.41) is 13.0. The molecule has 1 aliphatic heterocycles. The molecule has 1 aromatic rings. The molecule has 0 amide bonds. The number of aryl methyl sites for hydroxylation is 1. The van der Waals surface area contributed by atoms with Crippen molar-refractivity contribution in [1.82, 2.24) is 10.2 Å². The second-order valence-electron chi connectivity index (χ2n) is 6.29. The first-order chi connectivity index (χ1) is 10.2. The molecule has 3 heteroatoms. The maximum Gasteiger partial charge on any atom is 0.115 e. The summed E-state index contributed by atoms with van der Waals surface area (Å²) in [6.45, 7) is 8.08. The highest BCUT2D eigenvalue weighted by Gasteiger charge is 2.19. The Morgan fingerprint density at radius 2 is 2.05 bits per heavy atom. The highest BCUT2D eigenvalue weighted by Crippen LogP contribution is 2.15. The second kappa shape index (κ2) is 8.40. The van der Waals surface area contributed by atoms with E-state index in [9.17, 15) is 5.11 Å². The van der Waals surface area contributed by atoms with Crippen LogP contribution in [0.25, 0.3) is 0 Å². The minimum atomic E-state index is 0.352. The first-order valence-electron chi connectivity index (χ1n) is 8.44. The van der Waals surface area contributed by atoms with E-state index in [0.29, 0.717) is 17.8 Å². The van der Waals surface area contributed by atoms with Gasteiger partial charge in [-0.15, -0.1) is 0 Å². The molecule has 0 aromatic heterocycles. The number of phenols is 1. The summed E-state index contributed by atoms with van der Waals surface area (Å²) in [4.78, 5) is 2.60. The van der Waals surface area contributed by atoms with Crippen LogP contribution in [0.3, 0.4) is 0 Å². The topological polar surface area (TPSA) is 35.5 Å². The van der Waals surface area contributed by atoms with Gasteiger partial charge in [0.2, 0.25) is 0 Å². The normalized spacial score (nSPS) is 20.6. The number of piperidine rings is 1. The number of hydrogen-bond acceptors (Lipinski definition) is 3. The molecule has 118 valence electrons. The van der Waals surface area contributed by atoms with Gasteiger partial charge in [-0.1, -0.05) is 25.5 Å². The molecule has 3 nitrogen and oxygen atoms in total. The maximum absolute atomic E-state index is 9.33. The van der Waals surface area contributed by atoms with E-state index in [-0.39, 0.29) is 0 Å². The summed E-state index contributed by atoms with van der Waals surface area (Å²) in [5.74, 6) is 0.352. The van der Waals surface area contributed by atoms with Crippen LogP contribution in [0.5, 0.6) is 5.75 Å². The third-order valence-electron chi connectivity index (χ3n) is 4.68. The Morgan fingerprint density at radius 1 is 1.29 bits per heavy atom. The molecule has 21 heavy (non-hydrogen) atoms. The predicted molar refractivity (Wildman–Crippen MR) is 88.8 cm³/mol. The standard InChI is InChI=1S/C18H30N2O/c1-3-20(14-17-6-4-5-13-19-17)15(2)7-8-16-9-11-18(21)12-10-16/h9-12,15,17,19,21H,3-8,13-14H2,1-2H3. The fraction of sp³-hybridized carbons (Fsp3) is 0.667. The zero-order valence-corrected chi connectivity index (χ0v) is 13.5. The van der Waals surface area contributed by atoms with Crippen LogP contribution in [-0.2, 0) is 6.42 Å². The minimum absolute atomic E-state index is 0.352. The van der Waals surface area contributed by atoms with Crippen LogP contribution in [-0.4, -0.2) is 41.7 Å². The minimum Gasteiger partial charge on any atom is -0.508 e. The van der Waals surface area contributed by atoms with E-state index in [1.165, 1.54) is 44.3 Å². The lowest BCUT2D eigenvalue weighted by Gasteiger charge is -2.33. The highest BCUT2D eigenvalue weighted by atomic mass is 16.3. The van der Waals surface area contributed by atoms with Crippen LogP contribution >= 0.6 is 0 Å². The van der Waals surface area contributed by atoms with Crippen LogP contribution in [0.4, 0.5) is 0 Å². The van der Waals surface area contributed by atoms with Gasteiger partial charge in [0.25, 0.3) is 0 Å². The van der Waals surface area contributed by atoms with Gasteiger partial charge in [-0.2, -0.15) is 0 Å². The van der Waals surface area contributed by atoms with E-state index in [2.05, 4.69) is 24.1 Å². The number of benzene rings is 1. The first-order valence-corrected chi connectivity index (χ1v) is 8.44. The zero-order valence-electron chi connectivity index (χ0n) is 13.5. The van der Waals surface area contributed by atoms with Gasteiger partial charge in [0.1, 0.15) is 5.75 Å². The fourth-order valence-corrected chi connectivity index (χ4v) is 3.20. The summed E-state index contributed by atoms with van der Waals surface area (Å²) < 4.78 is 0. The van der Waals surface area contributed by atoms with Crippen molar-refractivity contribution in [3.8, 4) is 5.75 Å². The van der Waals surface area contributed by atoms with Gasteiger partial charge >= 0.3 is 0 Å². The van der Waals surface area contributed by atoms with Crippen molar-refractivity contribution < 1.29 is 5.11 Å². The number of rotatable bonds is 7. The van der Waals surface area contributed by atoms with Crippen molar-refractivity contribution in [2.24, 2.45) is 0 Å². The summed E-state index contributed by atoms with van der Waals surface area (Å²) in [6, 6.07) is 8.90. The molecular weight excluding hydrogens is 260 g/mol. The van der Waals surface area contributed by atoms with Crippen LogP contribution < -0.4 is 5.32 Å². The lowest BCUT2D eigenvalue weighted by Crippen LogP contribution is -2.46. The average molecular weight is 290 g/mol. The molecule has 0 saturated carbocycles. The van der Waals surface area contributed by atoms with Crippen molar-refractivity contribution in [2.45, 2.75) is 58.0 Å². The third kappa shape index (κ3) is 5.33. The maximum atomic E-state index is 9.33. The van der Waals surface area contributed by atoms with Gasteiger partial charge < -0.3 is 10.4 Å². The molecule has 0 radical (unpaired) electrons. The molecular formula is C18H30N2O. The Balaban J connectivity index is 1.78. The lowest BCUT2D eigenvalue weighted by atomic mass is 10.0. The average Bonchev–Trinajstić information content (AvgIpc) is 2.52. The Hall–Kier alpha value is -1.06. The number of phenolic OH excluding ortho intramolecular Hbond substituents is 1. The molecule has 1 fully saturated rings. The van der Waals surface area contributed by atoms with Gasteiger partial charge in [0.15, 0.2) is 0 Å². The molecule has 0 spiro atoms. The van der Waals surface area contributed by atoms with Crippen molar-refractivity contribution in [2.75, 3.05) is 19.6 Å². The number of nitrogens with zero attached hydrogens (tertiary/aromatic N) is 1. The Labute approximate surface area is 129 Å². The van der Waals surface area contributed by atoms with Gasteiger partial charge in [0, 0.05) is 18.6 Å². The number of aromatic hydroxyl groups is 1. The van der Waals surface area contributed by atoms with E-state index in [0.717, 1.165) is 13.0 Å². The highest BCUT2D eigenvalue weighted by molar-refractivity contribution is 5.25. The lowest BCUT2D eigenvalue weighted by molar-refractivity contribution is 0.176. The quantitative estimate of drug-likeness (QED) is 0.809. The summed E-state index contributed by atoms with van der Waals surface area (Å²) in [7, 11) is 0. The van der Waals surface area contributed by atoms with Crippen LogP contribution in [0.2, 0.25) is 0 Å². The van der Waals surface area contributed by atoms with Crippen molar-refractivity contribution >= 4 is 0 Å². The summed E-state index contributed by atoms with van der Waals surface area (Å²) in [6.07, 6.45) is 6.28. The molecule has 1 heterocycles. The third-order valence-corrected chi connectivity index (χ3v) is 4.68. The smallest absolute Gasteiger partial charge is 0.115 e. The first kappa shape index (κ1) is 16.3. The van der Waals surface area contributed by atoms with E-state index >= 15 is 0 Å². The van der Waals surface area contributed by atoms with Crippen molar-refractivity contribution in [3.05, 3.63) is 29.8 Å². The van der Waals surface area contributed by atoms with Gasteiger partial charge in [-0.3, -0.25) is 4.90 Å². The molecule has 2 rings (SSSR count). The molecule has 0 aliphatic carbocycles. The fourth-order valence-electron chi connectivity index (χ4n) is 3.20. The Morgan fingerprint density at radius 3 is 2.67 bits per heavy atom. The molecule has 1 aromatic carbocycles. The van der Waals surface area contributed by atoms with E-state index in [1.807, 2.05) is 12.1 Å². The summed E-state index contributed by atoms with van der Waals surface area (Å²) >= 11 is 0. The van der Waals surface area contributed by atoms with Crippen molar-refractivity contribution in [3.63, 3.8) is 0 Å². The monoisotopic (exact) mass is 290 g/mol. The van der Waals surface area contributed by atoms with Gasteiger partial charge in [-0.05, 0) is 63.4 Å². The number of nitrogens with one attached hydrogen (secondary N) is 1. The van der Waals surface area contributed by atoms with E-state index < -0.39 is 0 Å². The SMILES string of the molecule is CCN(CC1CCCCN1)C(C)CCc1ccc(O)cc1. The molecule has 2 N–H and O–H groups in total. The molecule has 2 unspecified atom stereocenters. The Kier molecular flexibility index (Phi) is 6.52. The van der Waals surface area contributed by atoms with E-state index in [1.54, 1.807) is 12.1 Å². The largest absolute Gasteiger partial charge is 0.508 e. The summed E-state index contributed by atoms with van der Waals surface area (Å²) in [5.41, 5.74) is 1.31. The van der Waals surface area contributed by atoms with Crippen LogP contribution in [0, 0.1) is 0 Å². The van der Waals surface area contributed by atoms with E-state index in [4.69, 9.17) is 0 Å².